The van der Waals surface area contributed by atoms with Crippen LogP contribution in [0.1, 0.15) is 17.5 Å². The molecule has 0 fully saturated rings. The lowest BCUT2D eigenvalue weighted by atomic mass is 10.2. The van der Waals surface area contributed by atoms with Crippen LogP contribution in [0, 0.1) is 0 Å². The van der Waals surface area contributed by atoms with E-state index in [0.717, 1.165) is 5.69 Å². The summed E-state index contributed by atoms with van der Waals surface area (Å²) in [6.07, 6.45) is 0.501. The van der Waals surface area contributed by atoms with Crippen LogP contribution in [0.15, 0.2) is 24.4 Å². The number of hydrogen-bond donors (Lipinski definition) is 3. The monoisotopic (exact) mass is 351 g/mol. The van der Waals surface area contributed by atoms with E-state index in [1.165, 1.54) is 6.20 Å². The molecule has 3 rings (SSSR count). The van der Waals surface area contributed by atoms with E-state index in [0.29, 0.717) is 36.2 Å². The van der Waals surface area contributed by atoms with Crippen molar-refractivity contribution in [2.24, 2.45) is 0 Å². The summed E-state index contributed by atoms with van der Waals surface area (Å²) < 4.78 is 1.80. The van der Waals surface area contributed by atoms with Crippen molar-refractivity contribution in [1.29, 1.82) is 0 Å². The number of anilines is 1. The van der Waals surface area contributed by atoms with Gasteiger partial charge in [-0.2, -0.15) is 5.10 Å². The second-order valence-electron chi connectivity index (χ2n) is 5.60. The molecular weight excluding hydrogens is 334 g/mol. The molecule has 24 heavy (non-hydrogen) atoms. The smallest absolute Gasteiger partial charge is 0.239 e. The van der Waals surface area contributed by atoms with Crippen molar-refractivity contribution in [2.45, 2.75) is 19.2 Å². The fraction of sp³-hybridized carbons (Fsp3) is 0.400. The number of fused-ring (bicyclic) bond motifs is 1. The van der Waals surface area contributed by atoms with Gasteiger partial charge in [0.1, 0.15) is 11.9 Å². The number of nitrogens with zero attached hydrogens (tertiary/aromatic N) is 4. The van der Waals surface area contributed by atoms with E-state index >= 15 is 0 Å². The molecule has 0 spiro atoms. The van der Waals surface area contributed by atoms with Gasteiger partial charge in [-0.1, -0.05) is 11.6 Å². The van der Waals surface area contributed by atoms with E-state index in [2.05, 4.69) is 15.4 Å². The Kier molecular flexibility index (Phi) is 5.10. The summed E-state index contributed by atoms with van der Waals surface area (Å²) in [5, 5.41) is 26.2. The van der Waals surface area contributed by atoms with Crippen LogP contribution in [0.3, 0.4) is 0 Å². The Morgan fingerprint density at radius 3 is 2.96 bits per heavy atom. The maximum atomic E-state index is 12.1. The summed E-state index contributed by atoms with van der Waals surface area (Å²) in [5.74, 6) is 0.299. The highest BCUT2D eigenvalue weighted by molar-refractivity contribution is 6.30. The number of rotatable bonds is 5. The Balaban J connectivity index is 1.58. The molecule has 1 unspecified atom stereocenters. The Labute approximate surface area is 143 Å². The van der Waals surface area contributed by atoms with Crippen LogP contribution in [0.5, 0.6) is 0 Å². The average Bonchev–Trinajstić information content (AvgIpc) is 2.99. The van der Waals surface area contributed by atoms with E-state index < -0.39 is 6.10 Å². The molecule has 0 aromatic carbocycles. The molecule has 9 heteroatoms. The maximum absolute atomic E-state index is 12.1. The number of carbonyl (C=O) groups is 1. The summed E-state index contributed by atoms with van der Waals surface area (Å²) in [4.78, 5) is 18.1. The molecule has 0 bridgehead atoms. The molecule has 2 aromatic heterocycles. The normalized spacial score (nSPS) is 15.8. The summed E-state index contributed by atoms with van der Waals surface area (Å²) >= 11 is 5.76. The molecule has 1 aliphatic rings. The van der Waals surface area contributed by atoms with Crippen LogP contribution in [0.4, 0.5) is 5.82 Å². The van der Waals surface area contributed by atoms with E-state index in [1.807, 2.05) is 4.90 Å². The van der Waals surface area contributed by atoms with Gasteiger partial charge < -0.3 is 15.5 Å². The van der Waals surface area contributed by atoms with Crippen LogP contribution < -0.4 is 5.32 Å². The summed E-state index contributed by atoms with van der Waals surface area (Å²) in [6, 6.07) is 5.07. The van der Waals surface area contributed by atoms with Crippen molar-refractivity contribution in [1.82, 2.24) is 19.7 Å². The molecule has 2 aromatic rings. The molecule has 0 aliphatic carbocycles. The number of pyridine rings is 1. The molecule has 3 heterocycles. The minimum Gasteiger partial charge on any atom is -0.393 e. The zero-order chi connectivity index (χ0) is 17.1. The first-order valence-electron chi connectivity index (χ1n) is 7.54. The molecule has 1 atom stereocenters. The maximum Gasteiger partial charge on any atom is 0.239 e. The van der Waals surface area contributed by atoms with Crippen molar-refractivity contribution in [2.75, 3.05) is 25.0 Å². The van der Waals surface area contributed by atoms with E-state index in [1.54, 1.807) is 22.9 Å². The van der Waals surface area contributed by atoms with Gasteiger partial charge in [0, 0.05) is 19.3 Å². The predicted molar refractivity (Wildman–Crippen MR) is 87.4 cm³/mol. The van der Waals surface area contributed by atoms with Crippen LogP contribution in [0.2, 0.25) is 5.02 Å². The Morgan fingerprint density at radius 2 is 2.25 bits per heavy atom. The van der Waals surface area contributed by atoms with Gasteiger partial charge in [0.2, 0.25) is 5.91 Å². The van der Waals surface area contributed by atoms with Crippen molar-refractivity contribution in [3.05, 3.63) is 40.8 Å². The van der Waals surface area contributed by atoms with Gasteiger partial charge in [-0.15, -0.1) is 0 Å². The second kappa shape index (κ2) is 7.27. The van der Waals surface area contributed by atoms with Crippen molar-refractivity contribution >= 4 is 23.3 Å². The highest BCUT2D eigenvalue weighted by Crippen LogP contribution is 2.18. The lowest BCUT2D eigenvalue weighted by Crippen LogP contribution is -2.39. The fourth-order valence-electron chi connectivity index (χ4n) is 2.57. The molecule has 0 radical (unpaired) electrons. The topological polar surface area (TPSA) is 104 Å². The molecule has 1 amide bonds. The van der Waals surface area contributed by atoms with Crippen LogP contribution >= 0.6 is 11.6 Å². The molecule has 8 nitrogen and oxygen atoms in total. The fourth-order valence-corrected chi connectivity index (χ4v) is 2.68. The number of nitrogens with one attached hydrogen (secondary N) is 1. The van der Waals surface area contributed by atoms with Gasteiger partial charge in [-0.25, -0.2) is 4.98 Å². The van der Waals surface area contributed by atoms with Crippen LogP contribution in [0.25, 0.3) is 0 Å². The highest BCUT2D eigenvalue weighted by Gasteiger charge is 2.22. The third-order valence-electron chi connectivity index (χ3n) is 3.77. The second-order valence-corrected chi connectivity index (χ2v) is 6.04. The number of halogens is 1. The molecular formula is C15H18ClN5O3. The number of aliphatic hydroxyl groups excluding tert-OH is 2. The van der Waals surface area contributed by atoms with Crippen LogP contribution in [-0.4, -0.2) is 55.5 Å². The third-order valence-corrected chi connectivity index (χ3v) is 4.00. The van der Waals surface area contributed by atoms with E-state index in [9.17, 15) is 9.90 Å². The first-order valence-corrected chi connectivity index (χ1v) is 7.92. The molecule has 1 aliphatic heterocycles. The lowest BCUT2D eigenvalue weighted by molar-refractivity contribution is -0.117. The Hall–Kier alpha value is -2.00. The molecule has 0 saturated carbocycles. The lowest BCUT2D eigenvalue weighted by Gasteiger charge is -2.26. The molecule has 128 valence electrons. The third kappa shape index (κ3) is 3.90. The highest BCUT2D eigenvalue weighted by atomic mass is 35.5. The zero-order valence-corrected chi connectivity index (χ0v) is 13.6. The quantitative estimate of drug-likeness (QED) is 0.721. The molecule has 3 N–H and O–H groups in total. The summed E-state index contributed by atoms with van der Waals surface area (Å²) in [6.45, 7) is 1.71. The van der Waals surface area contributed by atoms with Gasteiger partial charge in [0.15, 0.2) is 0 Å². The van der Waals surface area contributed by atoms with Gasteiger partial charge in [-0.05, 0) is 18.2 Å². The summed E-state index contributed by atoms with van der Waals surface area (Å²) in [7, 11) is 0. The first-order chi connectivity index (χ1) is 11.5. The zero-order valence-electron chi connectivity index (χ0n) is 12.9. The average molecular weight is 352 g/mol. The SMILES string of the molecule is O=C(CN1CCn2nc(C(O)CO)cc2C1)Nc1ccc(Cl)cn1. The standard InChI is InChI=1S/C15H18ClN5O3/c16-10-1-2-14(17-6-10)18-15(24)8-20-3-4-21-11(7-20)5-12(19-21)13(23)9-22/h1-2,5-6,13,22-23H,3-4,7-9H2,(H,17,18,24). The van der Waals surface area contributed by atoms with Gasteiger partial charge in [0.25, 0.3) is 0 Å². The minimum atomic E-state index is -0.976. The van der Waals surface area contributed by atoms with E-state index in [-0.39, 0.29) is 19.1 Å². The number of aliphatic hydroxyl groups is 2. The Bertz CT molecular complexity index is 718. The van der Waals surface area contributed by atoms with Gasteiger partial charge >= 0.3 is 0 Å². The largest absolute Gasteiger partial charge is 0.393 e. The van der Waals surface area contributed by atoms with Gasteiger partial charge in [-0.3, -0.25) is 14.4 Å². The first kappa shape index (κ1) is 16.8. The minimum absolute atomic E-state index is 0.159. The van der Waals surface area contributed by atoms with Gasteiger partial charge in [0.05, 0.1) is 36.1 Å². The summed E-state index contributed by atoms with van der Waals surface area (Å²) in [5.41, 5.74) is 1.35. The predicted octanol–water partition coefficient (Wildman–Crippen LogP) is 0.411. The van der Waals surface area contributed by atoms with Crippen molar-refractivity contribution in [3.63, 3.8) is 0 Å². The number of hydrogen-bond acceptors (Lipinski definition) is 6. The number of carbonyl (C=O) groups excluding carboxylic acids is 1. The Morgan fingerprint density at radius 1 is 1.42 bits per heavy atom. The number of aromatic nitrogens is 3. The van der Waals surface area contributed by atoms with E-state index in [4.69, 9.17) is 16.7 Å². The molecule has 0 saturated heterocycles. The van der Waals surface area contributed by atoms with Crippen LogP contribution in [-0.2, 0) is 17.9 Å². The van der Waals surface area contributed by atoms with Crippen molar-refractivity contribution in [3.8, 4) is 0 Å². The number of amides is 1. The van der Waals surface area contributed by atoms with Crippen molar-refractivity contribution < 1.29 is 15.0 Å².